The number of methoxy groups -OCH3 is 1. The predicted octanol–water partition coefficient (Wildman–Crippen LogP) is 5.29. The van der Waals surface area contributed by atoms with E-state index in [1.54, 1.807) is 73.7 Å². The molecule has 0 aromatic heterocycles. The molecule has 1 unspecified atom stereocenters. The minimum Gasteiger partial charge on any atom is -0.507 e. The Morgan fingerprint density at radius 1 is 0.947 bits per heavy atom. The maximum Gasteiger partial charge on any atom is 0.338 e. The standard InChI is InChI=1S/C30H29NO7/c1-5-37-30(35)21-11-6-12-22(15-21)31-26(19-9-7-13-23(16-19)36-4)25(28(33)29(31)34)27(32)20-10-8-14-24(17-20)38-18(2)3/h6-18,26,32H,5H2,1-4H3/b27-25+. The number of hydrogen-bond acceptors (Lipinski definition) is 7. The third-order valence-corrected chi connectivity index (χ3v) is 5.97. The quantitative estimate of drug-likeness (QED) is 0.188. The summed E-state index contributed by atoms with van der Waals surface area (Å²) in [5.74, 6) is -1.55. The Kier molecular flexibility index (Phi) is 7.81. The first-order chi connectivity index (χ1) is 18.2. The van der Waals surface area contributed by atoms with Gasteiger partial charge in [-0.15, -0.1) is 0 Å². The number of carbonyl (C=O) groups is 3. The van der Waals surface area contributed by atoms with E-state index < -0.39 is 23.7 Å². The minimum atomic E-state index is -0.989. The largest absolute Gasteiger partial charge is 0.507 e. The highest BCUT2D eigenvalue weighted by molar-refractivity contribution is 6.51. The first kappa shape index (κ1) is 26.5. The first-order valence-corrected chi connectivity index (χ1v) is 12.2. The Hall–Kier alpha value is -4.59. The number of ketones is 1. The van der Waals surface area contributed by atoms with E-state index in [0.717, 1.165) is 0 Å². The van der Waals surface area contributed by atoms with Crippen LogP contribution in [0.15, 0.2) is 78.4 Å². The van der Waals surface area contributed by atoms with E-state index >= 15 is 0 Å². The van der Waals surface area contributed by atoms with Crippen LogP contribution >= 0.6 is 0 Å². The number of hydrogen-bond donors (Lipinski definition) is 1. The van der Waals surface area contributed by atoms with Gasteiger partial charge in [-0.1, -0.05) is 30.3 Å². The molecule has 1 heterocycles. The zero-order valence-electron chi connectivity index (χ0n) is 21.6. The second-order valence-corrected chi connectivity index (χ2v) is 8.91. The molecule has 3 aromatic carbocycles. The number of benzene rings is 3. The molecule has 1 atom stereocenters. The molecule has 8 nitrogen and oxygen atoms in total. The van der Waals surface area contributed by atoms with Crippen LogP contribution in [0.25, 0.3) is 5.76 Å². The van der Waals surface area contributed by atoms with Crippen LogP contribution in [0, 0.1) is 0 Å². The molecule has 8 heteroatoms. The van der Waals surface area contributed by atoms with Gasteiger partial charge in [0.2, 0.25) is 0 Å². The molecule has 3 aromatic rings. The number of amides is 1. The maximum absolute atomic E-state index is 13.5. The average molecular weight is 516 g/mol. The van der Waals surface area contributed by atoms with Crippen molar-refractivity contribution < 1.29 is 33.7 Å². The minimum absolute atomic E-state index is 0.0912. The summed E-state index contributed by atoms with van der Waals surface area (Å²) in [5.41, 5.74) is 1.32. The summed E-state index contributed by atoms with van der Waals surface area (Å²) in [4.78, 5) is 40.6. The van der Waals surface area contributed by atoms with Crippen LogP contribution < -0.4 is 14.4 Å². The van der Waals surface area contributed by atoms with Gasteiger partial charge in [-0.3, -0.25) is 14.5 Å². The SMILES string of the molecule is CCOC(=O)c1cccc(N2C(=O)C(=O)/C(=C(/O)c3cccc(OC(C)C)c3)C2c2cccc(OC)c2)c1. The molecule has 1 amide bonds. The van der Waals surface area contributed by atoms with Crippen molar-refractivity contribution in [3.05, 3.63) is 95.1 Å². The van der Waals surface area contributed by atoms with Gasteiger partial charge in [0, 0.05) is 11.3 Å². The van der Waals surface area contributed by atoms with Gasteiger partial charge in [0.25, 0.3) is 11.7 Å². The highest BCUT2D eigenvalue weighted by atomic mass is 16.5. The van der Waals surface area contributed by atoms with Gasteiger partial charge in [0.05, 0.1) is 37.0 Å². The molecule has 0 spiro atoms. The summed E-state index contributed by atoms with van der Waals surface area (Å²) in [6, 6.07) is 18.9. The summed E-state index contributed by atoms with van der Waals surface area (Å²) in [6.07, 6.45) is -0.0959. The molecule has 0 aliphatic carbocycles. The normalized spacial score (nSPS) is 16.6. The van der Waals surface area contributed by atoms with E-state index in [0.29, 0.717) is 28.3 Å². The highest BCUT2D eigenvalue weighted by Crippen LogP contribution is 2.43. The monoisotopic (exact) mass is 515 g/mol. The molecule has 0 bridgehead atoms. The van der Waals surface area contributed by atoms with Crippen LogP contribution in [-0.2, 0) is 14.3 Å². The topological polar surface area (TPSA) is 102 Å². The molecule has 1 fully saturated rings. The zero-order chi connectivity index (χ0) is 27.4. The molecule has 1 aliphatic heterocycles. The number of esters is 1. The van der Waals surface area contributed by atoms with Crippen molar-refractivity contribution in [2.24, 2.45) is 0 Å². The third kappa shape index (κ3) is 5.25. The summed E-state index contributed by atoms with van der Waals surface area (Å²) >= 11 is 0. The molecule has 1 N–H and O–H groups in total. The lowest BCUT2D eigenvalue weighted by molar-refractivity contribution is -0.132. The van der Waals surface area contributed by atoms with Gasteiger partial charge in [0.15, 0.2) is 0 Å². The Bertz CT molecular complexity index is 1410. The number of carbonyl (C=O) groups excluding carboxylic acids is 3. The summed E-state index contributed by atoms with van der Waals surface area (Å²) < 4.78 is 16.2. The first-order valence-electron chi connectivity index (χ1n) is 12.2. The van der Waals surface area contributed by atoms with E-state index in [1.165, 1.54) is 18.1 Å². The molecule has 38 heavy (non-hydrogen) atoms. The van der Waals surface area contributed by atoms with E-state index in [1.807, 2.05) is 13.8 Å². The number of nitrogens with zero attached hydrogens (tertiary/aromatic N) is 1. The Balaban J connectivity index is 1.91. The van der Waals surface area contributed by atoms with Crippen molar-refractivity contribution in [1.29, 1.82) is 0 Å². The van der Waals surface area contributed by atoms with Gasteiger partial charge in [-0.25, -0.2) is 4.79 Å². The Morgan fingerprint density at radius 2 is 1.63 bits per heavy atom. The maximum atomic E-state index is 13.5. The zero-order valence-corrected chi connectivity index (χ0v) is 21.6. The highest BCUT2D eigenvalue weighted by Gasteiger charge is 2.47. The molecule has 0 radical (unpaired) electrons. The number of aliphatic hydroxyl groups is 1. The van der Waals surface area contributed by atoms with E-state index in [-0.39, 0.29) is 29.6 Å². The lowest BCUT2D eigenvalue weighted by Crippen LogP contribution is -2.29. The van der Waals surface area contributed by atoms with Crippen LogP contribution in [0.2, 0.25) is 0 Å². The van der Waals surface area contributed by atoms with Gasteiger partial charge in [0.1, 0.15) is 17.3 Å². The molecule has 196 valence electrons. The van der Waals surface area contributed by atoms with Gasteiger partial charge >= 0.3 is 5.97 Å². The van der Waals surface area contributed by atoms with E-state index in [2.05, 4.69) is 0 Å². The molecule has 1 saturated heterocycles. The van der Waals surface area contributed by atoms with Gasteiger partial charge in [-0.05, 0) is 68.8 Å². The van der Waals surface area contributed by atoms with E-state index in [9.17, 15) is 19.5 Å². The van der Waals surface area contributed by atoms with Crippen LogP contribution in [0.3, 0.4) is 0 Å². The van der Waals surface area contributed by atoms with Crippen LogP contribution in [0.4, 0.5) is 5.69 Å². The smallest absolute Gasteiger partial charge is 0.338 e. The van der Waals surface area contributed by atoms with Crippen molar-refractivity contribution in [1.82, 2.24) is 0 Å². The van der Waals surface area contributed by atoms with Gasteiger partial charge in [-0.2, -0.15) is 0 Å². The fourth-order valence-electron chi connectivity index (χ4n) is 4.37. The molecule has 1 aliphatic rings. The third-order valence-electron chi connectivity index (χ3n) is 5.97. The molecular weight excluding hydrogens is 486 g/mol. The van der Waals surface area contributed by atoms with E-state index in [4.69, 9.17) is 14.2 Å². The molecule has 4 rings (SSSR count). The predicted molar refractivity (Wildman–Crippen MR) is 142 cm³/mol. The number of aliphatic hydroxyl groups excluding tert-OH is 1. The van der Waals surface area contributed by atoms with Crippen molar-refractivity contribution in [2.75, 3.05) is 18.6 Å². The fraction of sp³-hybridized carbons (Fsp3) is 0.233. The van der Waals surface area contributed by atoms with Crippen molar-refractivity contribution in [3.63, 3.8) is 0 Å². The summed E-state index contributed by atoms with van der Waals surface area (Å²) in [5, 5.41) is 11.4. The Morgan fingerprint density at radius 3 is 2.34 bits per heavy atom. The Labute approximate surface area is 221 Å². The summed E-state index contributed by atoms with van der Waals surface area (Å²) in [6.45, 7) is 5.65. The van der Waals surface area contributed by atoms with Crippen molar-refractivity contribution in [3.8, 4) is 11.5 Å². The van der Waals surface area contributed by atoms with Crippen molar-refractivity contribution in [2.45, 2.75) is 32.9 Å². The van der Waals surface area contributed by atoms with Crippen LogP contribution in [-0.4, -0.2) is 42.6 Å². The van der Waals surface area contributed by atoms with Gasteiger partial charge < -0.3 is 19.3 Å². The molecule has 0 saturated carbocycles. The second kappa shape index (κ2) is 11.2. The van der Waals surface area contributed by atoms with Crippen LogP contribution in [0.1, 0.15) is 48.3 Å². The number of Topliss-reactive ketones (excluding diaryl/α,β-unsaturated/α-hetero) is 1. The second-order valence-electron chi connectivity index (χ2n) is 8.91. The van der Waals surface area contributed by atoms with Crippen molar-refractivity contribution >= 4 is 29.1 Å². The molecular formula is C30H29NO7. The number of rotatable bonds is 8. The number of anilines is 1. The lowest BCUT2D eigenvalue weighted by atomic mass is 9.94. The summed E-state index contributed by atoms with van der Waals surface area (Å²) in [7, 11) is 1.51. The lowest BCUT2D eigenvalue weighted by Gasteiger charge is -2.26. The average Bonchev–Trinajstić information content (AvgIpc) is 3.18. The van der Waals surface area contributed by atoms with Crippen LogP contribution in [0.5, 0.6) is 11.5 Å². The number of ether oxygens (including phenoxy) is 3. The fourth-order valence-corrected chi connectivity index (χ4v) is 4.37.